The summed E-state index contributed by atoms with van der Waals surface area (Å²) in [6.45, 7) is 5.00. The van der Waals surface area contributed by atoms with Crippen molar-refractivity contribution in [2.24, 2.45) is 0 Å². The van der Waals surface area contributed by atoms with Gasteiger partial charge in [0.05, 0.1) is 10.0 Å². The summed E-state index contributed by atoms with van der Waals surface area (Å²) >= 11 is 18.0. The molecule has 0 aliphatic carbocycles. The fourth-order valence-corrected chi connectivity index (χ4v) is 3.16. The fraction of sp³-hybridized carbons (Fsp3) is 0.294. The monoisotopic (exact) mass is 354 g/mol. The third-order valence-corrected chi connectivity index (χ3v) is 4.95. The quantitative estimate of drug-likeness (QED) is 0.767. The van der Waals surface area contributed by atoms with E-state index < -0.39 is 0 Å². The van der Waals surface area contributed by atoms with E-state index >= 15 is 0 Å². The minimum Gasteiger partial charge on any atom is -0.369 e. The zero-order chi connectivity index (χ0) is 15.5. The zero-order valence-corrected chi connectivity index (χ0v) is 14.4. The minimum atomic E-state index is 0.609. The second-order valence-corrected chi connectivity index (χ2v) is 6.74. The average molecular weight is 356 g/mol. The van der Waals surface area contributed by atoms with Gasteiger partial charge in [-0.3, -0.25) is 4.90 Å². The van der Waals surface area contributed by atoms with Crippen molar-refractivity contribution in [1.29, 1.82) is 0 Å². The van der Waals surface area contributed by atoms with Crippen molar-refractivity contribution in [3.8, 4) is 0 Å². The Bertz CT molecular complexity index is 635. The number of halogens is 3. The molecule has 2 nitrogen and oxygen atoms in total. The van der Waals surface area contributed by atoms with E-state index in [9.17, 15) is 0 Å². The summed E-state index contributed by atoms with van der Waals surface area (Å²) in [5.41, 5.74) is 2.44. The molecule has 0 amide bonds. The minimum absolute atomic E-state index is 0.609. The summed E-state index contributed by atoms with van der Waals surface area (Å²) in [6, 6.07) is 13.9. The molecule has 1 heterocycles. The first-order valence-electron chi connectivity index (χ1n) is 7.28. The summed E-state index contributed by atoms with van der Waals surface area (Å²) in [5.74, 6) is 0. The molecule has 1 saturated heterocycles. The largest absolute Gasteiger partial charge is 0.369 e. The lowest BCUT2D eigenvalue weighted by Gasteiger charge is -2.36. The van der Waals surface area contributed by atoms with Crippen LogP contribution in [-0.4, -0.2) is 31.1 Å². The molecule has 2 aromatic rings. The molecule has 0 aromatic heterocycles. The smallest absolute Gasteiger partial charge is 0.0595 e. The van der Waals surface area contributed by atoms with E-state index in [-0.39, 0.29) is 0 Å². The number of hydrogen-bond acceptors (Lipinski definition) is 2. The molecule has 0 bridgehead atoms. The number of anilines is 1. The van der Waals surface area contributed by atoms with Gasteiger partial charge in [-0.25, -0.2) is 0 Å². The highest BCUT2D eigenvalue weighted by Crippen LogP contribution is 2.24. The number of hydrogen-bond donors (Lipinski definition) is 0. The van der Waals surface area contributed by atoms with Crippen LogP contribution in [0, 0.1) is 0 Å². The van der Waals surface area contributed by atoms with Gasteiger partial charge < -0.3 is 4.90 Å². The van der Waals surface area contributed by atoms with Crippen molar-refractivity contribution in [2.45, 2.75) is 6.54 Å². The van der Waals surface area contributed by atoms with Crippen LogP contribution >= 0.6 is 34.8 Å². The molecule has 2 aromatic carbocycles. The van der Waals surface area contributed by atoms with Gasteiger partial charge in [0.2, 0.25) is 0 Å². The summed E-state index contributed by atoms with van der Waals surface area (Å²) in [5, 5.41) is 2.01. The molecule has 1 fully saturated rings. The van der Waals surface area contributed by atoms with Gasteiger partial charge in [0.1, 0.15) is 0 Å². The Morgan fingerprint density at radius 1 is 0.773 bits per heavy atom. The van der Waals surface area contributed by atoms with Gasteiger partial charge in [-0.2, -0.15) is 0 Å². The summed E-state index contributed by atoms with van der Waals surface area (Å²) in [4.78, 5) is 4.83. The van der Waals surface area contributed by atoms with Gasteiger partial charge in [-0.05, 0) is 42.0 Å². The predicted molar refractivity (Wildman–Crippen MR) is 95.4 cm³/mol. The maximum absolute atomic E-state index is 6.08. The number of benzene rings is 2. The van der Waals surface area contributed by atoms with Crippen molar-refractivity contribution in [1.82, 2.24) is 4.90 Å². The van der Waals surface area contributed by atoms with Crippen molar-refractivity contribution < 1.29 is 0 Å². The summed E-state index contributed by atoms with van der Waals surface area (Å²) in [6.07, 6.45) is 0. The van der Waals surface area contributed by atoms with Gasteiger partial charge in [-0.15, -0.1) is 0 Å². The van der Waals surface area contributed by atoms with E-state index in [0.717, 1.165) is 37.7 Å². The highest BCUT2D eigenvalue weighted by molar-refractivity contribution is 6.42. The predicted octanol–water partition coefficient (Wildman–Crippen LogP) is 4.97. The van der Waals surface area contributed by atoms with Crippen LogP contribution in [0.5, 0.6) is 0 Å². The van der Waals surface area contributed by atoms with Crippen molar-refractivity contribution in [3.05, 3.63) is 63.1 Å². The van der Waals surface area contributed by atoms with E-state index in [1.165, 1.54) is 11.3 Å². The normalized spacial score (nSPS) is 16.0. The van der Waals surface area contributed by atoms with Crippen LogP contribution in [0.4, 0.5) is 5.69 Å². The average Bonchev–Trinajstić information content (AvgIpc) is 2.53. The van der Waals surface area contributed by atoms with Crippen molar-refractivity contribution in [3.63, 3.8) is 0 Å². The highest BCUT2D eigenvalue weighted by atomic mass is 35.5. The first-order valence-corrected chi connectivity index (χ1v) is 8.42. The molecule has 1 aliphatic rings. The van der Waals surface area contributed by atoms with Crippen LogP contribution in [-0.2, 0) is 6.54 Å². The third-order valence-electron chi connectivity index (χ3n) is 3.95. The first kappa shape index (κ1) is 15.9. The Labute approximate surface area is 146 Å². The molecule has 0 radical (unpaired) electrons. The molecule has 116 valence electrons. The van der Waals surface area contributed by atoms with Crippen LogP contribution in [0.1, 0.15) is 5.56 Å². The topological polar surface area (TPSA) is 6.48 Å². The van der Waals surface area contributed by atoms with Gasteiger partial charge >= 0.3 is 0 Å². The van der Waals surface area contributed by atoms with Gasteiger partial charge in [0, 0.05) is 43.4 Å². The number of nitrogens with zero attached hydrogens (tertiary/aromatic N) is 2. The standard InChI is InChI=1S/C17H17Cl3N2/c18-14-2-4-15(5-3-14)22-9-7-21(8-10-22)12-13-1-6-16(19)17(20)11-13/h1-6,11H,7-10,12H2. The number of rotatable bonds is 3. The zero-order valence-electron chi connectivity index (χ0n) is 12.1. The molecule has 0 unspecified atom stereocenters. The van der Waals surface area contributed by atoms with Gasteiger partial charge in [-0.1, -0.05) is 40.9 Å². The fourth-order valence-electron chi connectivity index (χ4n) is 2.71. The maximum atomic E-state index is 6.08. The molecule has 0 spiro atoms. The molecule has 0 atom stereocenters. The Hall–Kier alpha value is -0.930. The Balaban J connectivity index is 1.57. The number of piperazine rings is 1. The lowest BCUT2D eigenvalue weighted by atomic mass is 10.2. The van der Waals surface area contributed by atoms with E-state index in [1.807, 2.05) is 30.3 Å². The molecule has 1 aliphatic heterocycles. The van der Waals surface area contributed by atoms with Crippen molar-refractivity contribution >= 4 is 40.5 Å². The maximum Gasteiger partial charge on any atom is 0.0595 e. The third kappa shape index (κ3) is 3.88. The SMILES string of the molecule is Clc1ccc(N2CCN(Cc3ccc(Cl)c(Cl)c3)CC2)cc1. The lowest BCUT2D eigenvalue weighted by Crippen LogP contribution is -2.45. The Morgan fingerprint density at radius 3 is 2.09 bits per heavy atom. The molecule has 0 saturated carbocycles. The van der Waals surface area contributed by atoms with Crippen LogP contribution in [0.3, 0.4) is 0 Å². The van der Waals surface area contributed by atoms with Crippen LogP contribution in [0.2, 0.25) is 15.1 Å². The Morgan fingerprint density at radius 2 is 1.45 bits per heavy atom. The molecule has 5 heteroatoms. The molecule has 3 rings (SSSR count). The lowest BCUT2D eigenvalue weighted by molar-refractivity contribution is 0.250. The van der Waals surface area contributed by atoms with Crippen LogP contribution < -0.4 is 4.90 Å². The van der Waals surface area contributed by atoms with E-state index in [0.29, 0.717) is 10.0 Å². The second kappa shape index (κ2) is 7.10. The molecule has 22 heavy (non-hydrogen) atoms. The van der Waals surface area contributed by atoms with Gasteiger partial charge in [0.25, 0.3) is 0 Å². The van der Waals surface area contributed by atoms with E-state index in [4.69, 9.17) is 34.8 Å². The highest BCUT2D eigenvalue weighted by Gasteiger charge is 2.17. The van der Waals surface area contributed by atoms with Crippen LogP contribution in [0.25, 0.3) is 0 Å². The first-order chi connectivity index (χ1) is 10.6. The van der Waals surface area contributed by atoms with Crippen molar-refractivity contribution in [2.75, 3.05) is 31.1 Å². The van der Waals surface area contributed by atoms with E-state index in [2.05, 4.69) is 21.9 Å². The second-order valence-electron chi connectivity index (χ2n) is 5.49. The molecular formula is C17H17Cl3N2. The Kier molecular flexibility index (Phi) is 5.14. The molecule has 0 N–H and O–H groups in total. The van der Waals surface area contributed by atoms with Gasteiger partial charge in [0.15, 0.2) is 0 Å². The van der Waals surface area contributed by atoms with E-state index in [1.54, 1.807) is 0 Å². The summed E-state index contributed by atoms with van der Waals surface area (Å²) in [7, 11) is 0. The molecular weight excluding hydrogens is 339 g/mol. The summed E-state index contributed by atoms with van der Waals surface area (Å²) < 4.78 is 0. The van der Waals surface area contributed by atoms with Crippen LogP contribution in [0.15, 0.2) is 42.5 Å².